The molecule has 0 saturated carbocycles. The maximum atomic E-state index is 12.1. The Morgan fingerprint density at radius 3 is 2.46 bits per heavy atom. The Kier molecular flexibility index (Phi) is 7.30. The lowest BCUT2D eigenvalue weighted by Gasteiger charge is -2.12. The van der Waals surface area contributed by atoms with Crippen LogP contribution < -0.4 is 15.8 Å². The lowest BCUT2D eigenvalue weighted by molar-refractivity contribution is -0.116. The molecule has 128 valence electrons. The van der Waals surface area contributed by atoms with Gasteiger partial charge in [-0.3, -0.25) is 4.79 Å². The van der Waals surface area contributed by atoms with Crippen LogP contribution in [-0.4, -0.2) is 12.5 Å². The van der Waals surface area contributed by atoms with Gasteiger partial charge in [-0.2, -0.15) is 0 Å². The quantitative estimate of drug-likeness (QED) is 0.660. The lowest BCUT2D eigenvalue weighted by atomic mass is 10.1. The van der Waals surface area contributed by atoms with Crippen molar-refractivity contribution in [2.45, 2.75) is 39.0 Å². The molecule has 0 atom stereocenters. The summed E-state index contributed by atoms with van der Waals surface area (Å²) in [4.78, 5) is 12.1. The Balaban J connectivity index is 1.91. The van der Waals surface area contributed by atoms with Gasteiger partial charge in [0.2, 0.25) is 5.91 Å². The number of unbranched alkanes of at least 4 members (excludes halogenated alkanes) is 3. The van der Waals surface area contributed by atoms with Crippen LogP contribution >= 0.6 is 0 Å². The zero-order valence-corrected chi connectivity index (χ0v) is 14.3. The minimum Gasteiger partial charge on any atom is -0.455 e. The smallest absolute Gasteiger partial charge is 0.224 e. The van der Waals surface area contributed by atoms with Gasteiger partial charge in [-0.05, 0) is 50.6 Å². The molecule has 3 N–H and O–H groups in total. The Hall–Kier alpha value is -2.33. The van der Waals surface area contributed by atoms with Crippen molar-refractivity contribution in [3.63, 3.8) is 0 Å². The average molecular weight is 326 g/mol. The highest BCUT2D eigenvalue weighted by atomic mass is 16.5. The van der Waals surface area contributed by atoms with Crippen LogP contribution in [0.4, 0.5) is 5.69 Å². The molecule has 24 heavy (non-hydrogen) atoms. The molecule has 0 aliphatic heterocycles. The zero-order valence-electron chi connectivity index (χ0n) is 14.3. The van der Waals surface area contributed by atoms with Gasteiger partial charge in [0.25, 0.3) is 0 Å². The summed E-state index contributed by atoms with van der Waals surface area (Å²) < 4.78 is 5.89. The molecular weight excluding hydrogens is 300 g/mol. The van der Waals surface area contributed by atoms with E-state index < -0.39 is 0 Å². The summed E-state index contributed by atoms with van der Waals surface area (Å²) in [6, 6.07) is 15.3. The van der Waals surface area contributed by atoms with Crippen LogP contribution in [0.1, 0.15) is 37.7 Å². The number of nitrogens with one attached hydrogen (secondary N) is 1. The fourth-order valence-electron chi connectivity index (χ4n) is 2.39. The molecule has 0 radical (unpaired) electrons. The van der Waals surface area contributed by atoms with Crippen LogP contribution in [0.2, 0.25) is 0 Å². The van der Waals surface area contributed by atoms with Gasteiger partial charge in [0.15, 0.2) is 5.75 Å². The van der Waals surface area contributed by atoms with Crippen molar-refractivity contribution in [3.05, 3.63) is 54.1 Å². The molecular formula is C20H26N2O2. The number of hydrogen-bond donors (Lipinski definition) is 2. The predicted molar refractivity (Wildman–Crippen MR) is 98.5 cm³/mol. The van der Waals surface area contributed by atoms with Crippen molar-refractivity contribution in [2.24, 2.45) is 5.73 Å². The molecule has 0 unspecified atom stereocenters. The molecule has 0 bridgehead atoms. The first-order chi connectivity index (χ1) is 11.7. The second-order valence-electron chi connectivity index (χ2n) is 5.91. The third-order valence-electron chi connectivity index (χ3n) is 3.77. The van der Waals surface area contributed by atoms with Gasteiger partial charge in [0.1, 0.15) is 5.75 Å². The second-order valence-corrected chi connectivity index (χ2v) is 5.91. The number of carbonyl (C=O) groups excluding carboxylic acids is 1. The van der Waals surface area contributed by atoms with Crippen molar-refractivity contribution in [2.75, 3.05) is 11.9 Å². The molecule has 0 aliphatic carbocycles. The number of amides is 1. The molecule has 2 rings (SSSR count). The third-order valence-corrected chi connectivity index (χ3v) is 3.77. The van der Waals surface area contributed by atoms with Crippen molar-refractivity contribution in [3.8, 4) is 11.5 Å². The fourth-order valence-corrected chi connectivity index (χ4v) is 2.39. The highest BCUT2D eigenvalue weighted by Gasteiger charge is 2.08. The topological polar surface area (TPSA) is 64.3 Å². The summed E-state index contributed by atoms with van der Waals surface area (Å²) in [6.07, 6.45) is 4.54. The van der Waals surface area contributed by atoms with E-state index in [0.717, 1.165) is 38.0 Å². The number of hydrogen-bond acceptors (Lipinski definition) is 3. The van der Waals surface area contributed by atoms with E-state index in [9.17, 15) is 4.79 Å². The molecule has 1 amide bonds. The normalized spacial score (nSPS) is 10.4. The Labute approximate surface area is 144 Å². The summed E-state index contributed by atoms with van der Waals surface area (Å²) in [6.45, 7) is 2.75. The van der Waals surface area contributed by atoms with Crippen molar-refractivity contribution in [1.82, 2.24) is 0 Å². The number of para-hydroxylation sites is 2. The number of nitrogens with two attached hydrogens (primary N) is 1. The number of rotatable bonds is 9. The minimum atomic E-state index is 0.0164. The van der Waals surface area contributed by atoms with E-state index in [4.69, 9.17) is 10.5 Å². The first kappa shape index (κ1) is 18.0. The van der Waals surface area contributed by atoms with Gasteiger partial charge >= 0.3 is 0 Å². The summed E-state index contributed by atoms with van der Waals surface area (Å²) in [7, 11) is 0. The van der Waals surface area contributed by atoms with Crippen LogP contribution in [0.5, 0.6) is 11.5 Å². The summed E-state index contributed by atoms with van der Waals surface area (Å²) >= 11 is 0. The number of benzene rings is 2. The van der Waals surface area contributed by atoms with Crippen molar-refractivity contribution in [1.29, 1.82) is 0 Å². The minimum absolute atomic E-state index is 0.0164. The SMILES string of the molecule is Cc1ccc(Oc2ccccc2NC(=O)CCCCCCN)cc1. The standard InChI is InChI=1S/C20H26N2O2/c1-16-11-13-17(14-12-16)24-19-9-6-5-8-18(19)22-20(23)10-4-2-3-7-15-21/h5-6,8-9,11-14H,2-4,7,10,15,21H2,1H3,(H,22,23). The van der Waals surface area contributed by atoms with Gasteiger partial charge in [-0.1, -0.05) is 42.7 Å². The largest absolute Gasteiger partial charge is 0.455 e. The number of ether oxygens (including phenoxy) is 1. The molecule has 2 aromatic carbocycles. The Morgan fingerprint density at radius 2 is 1.71 bits per heavy atom. The van der Waals surface area contributed by atoms with Crippen molar-refractivity contribution < 1.29 is 9.53 Å². The zero-order chi connectivity index (χ0) is 17.2. The maximum Gasteiger partial charge on any atom is 0.224 e. The second kappa shape index (κ2) is 9.73. The van der Waals surface area contributed by atoms with Crippen molar-refractivity contribution >= 4 is 11.6 Å². The lowest BCUT2D eigenvalue weighted by Crippen LogP contribution is -2.11. The van der Waals surface area contributed by atoms with Crippen LogP contribution in [0.25, 0.3) is 0 Å². The maximum absolute atomic E-state index is 12.1. The van der Waals surface area contributed by atoms with E-state index in [1.54, 1.807) is 0 Å². The first-order valence-corrected chi connectivity index (χ1v) is 8.52. The molecule has 0 spiro atoms. The summed E-state index contributed by atoms with van der Waals surface area (Å²) in [5.74, 6) is 1.42. The first-order valence-electron chi connectivity index (χ1n) is 8.52. The van der Waals surface area contributed by atoms with E-state index in [0.29, 0.717) is 17.9 Å². The fraction of sp³-hybridized carbons (Fsp3) is 0.350. The summed E-state index contributed by atoms with van der Waals surface area (Å²) in [5, 5.41) is 2.94. The van der Waals surface area contributed by atoms with E-state index >= 15 is 0 Å². The molecule has 2 aromatic rings. The molecule has 0 saturated heterocycles. The molecule has 4 heteroatoms. The monoisotopic (exact) mass is 326 g/mol. The van der Waals surface area contributed by atoms with Crippen LogP contribution in [-0.2, 0) is 4.79 Å². The van der Waals surface area contributed by atoms with E-state index in [1.807, 2.05) is 55.5 Å². The molecule has 0 fully saturated rings. The van der Waals surface area contributed by atoms with E-state index in [-0.39, 0.29) is 5.91 Å². The summed E-state index contributed by atoms with van der Waals surface area (Å²) in [5.41, 5.74) is 7.35. The van der Waals surface area contributed by atoms with Gasteiger partial charge < -0.3 is 15.8 Å². The predicted octanol–water partition coefficient (Wildman–Crippen LogP) is 4.64. The van der Waals surface area contributed by atoms with E-state index in [2.05, 4.69) is 5.32 Å². The molecule has 4 nitrogen and oxygen atoms in total. The van der Waals surface area contributed by atoms with Crippen LogP contribution in [0, 0.1) is 6.92 Å². The third kappa shape index (κ3) is 6.05. The van der Waals surface area contributed by atoms with Gasteiger partial charge in [0, 0.05) is 6.42 Å². The van der Waals surface area contributed by atoms with E-state index in [1.165, 1.54) is 5.56 Å². The Bertz CT molecular complexity index is 638. The van der Waals surface area contributed by atoms with Gasteiger partial charge in [0.05, 0.1) is 5.69 Å². The highest BCUT2D eigenvalue weighted by molar-refractivity contribution is 5.92. The highest BCUT2D eigenvalue weighted by Crippen LogP contribution is 2.29. The van der Waals surface area contributed by atoms with Crippen LogP contribution in [0.3, 0.4) is 0 Å². The molecule has 0 aromatic heterocycles. The number of anilines is 1. The van der Waals surface area contributed by atoms with Gasteiger partial charge in [-0.25, -0.2) is 0 Å². The number of carbonyl (C=O) groups is 1. The van der Waals surface area contributed by atoms with Gasteiger partial charge in [-0.15, -0.1) is 0 Å². The van der Waals surface area contributed by atoms with Crippen LogP contribution in [0.15, 0.2) is 48.5 Å². The molecule has 0 aliphatic rings. The molecule has 0 heterocycles. The Morgan fingerprint density at radius 1 is 1.00 bits per heavy atom. The average Bonchev–Trinajstić information content (AvgIpc) is 2.58. The number of aryl methyl sites for hydroxylation is 1.